The van der Waals surface area contributed by atoms with Crippen LogP contribution in [0.25, 0.3) is 0 Å². The van der Waals surface area contributed by atoms with E-state index in [1.807, 2.05) is 75.4 Å². The van der Waals surface area contributed by atoms with Crippen molar-refractivity contribution in [2.75, 3.05) is 17.1 Å². The highest BCUT2D eigenvalue weighted by molar-refractivity contribution is 7.92. The molecule has 1 N–H and O–H groups in total. The van der Waals surface area contributed by atoms with Crippen LogP contribution in [0.3, 0.4) is 0 Å². The van der Waals surface area contributed by atoms with Crippen LogP contribution in [0.4, 0.5) is 11.4 Å². The Morgan fingerprint density at radius 2 is 1.63 bits per heavy atom. The van der Waals surface area contributed by atoms with Crippen molar-refractivity contribution in [1.29, 1.82) is 0 Å². The molecule has 11 heteroatoms. The van der Waals surface area contributed by atoms with Gasteiger partial charge in [0.15, 0.2) is 0 Å². The minimum atomic E-state index is -4.03. The van der Waals surface area contributed by atoms with Gasteiger partial charge in [0.05, 0.1) is 16.9 Å². The SMILES string of the molecule is CC[C@@H](C)NC(=O)[C@@H](Cc1ccccc1)N(Cc1ccc(C)cc1)C(=O)CN(c1cccc([N+](=O)[O-])c1)S(C)(=O)=O. The number of hydrogen-bond acceptors (Lipinski definition) is 6. The topological polar surface area (TPSA) is 130 Å². The standard InChI is InChI=1S/C30H36N4O6S/c1-5-23(3)31-30(36)28(18-24-10-7-6-8-11-24)32(20-25-16-14-22(2)15-17-25)29(35)21-33(41(4,39)40)26-12-9-13-27(19-26)34(37)38/h6-17,19,23,28H,5,18,20-21H2,1-4H3,(H,31,36)/t23-,28-/m1/s1. The number of sulfonamides is 1. The summed E-state index contributed by atoms with van der Waals surface area (Å²) < 4.78 is 26.5. The number of anilines is 1. The molecule has 41 heavy (non-hydrogen) atoms. The molecule has 2 atom stereocenters. The van der Waals surface area contributed by atoms with E-state index in [1.54, 1.807) is 0 Å². The summed E-state index contributed by atoms with van der Waals surface area (Å²) in [6.07, 6.45) is 1.82. The number of benzene rings is 3. The zero-order chi connectivity index (χ0) is 30.2. The molecule has 3 aromatic carbocycles. The molecule has 0 aliphatic heterocycles. The lowest BCUT2D eigenvalue weighted by Gasteiger charge is -2.34. The first-order valence-electron chi connectivity index (χ1n) is 13.3. The summed E-state index contributed by atoms with van der Waals surface area (Å²) in [6, 6.07) is 20.8. The van der Waals surface area contributed by atoms with Crippen LogP contribution in [0.1, 0.15) is 37.0 Å². The van der Waals surface area contributed by atoms with Gasteiger partial charge in [0.2, 0.25) is 21.8 Å². The Balaban J connectivity index is 2.07. The molecule has 0 radical (unpaired) electrons. The first-order chi connectivity index (χ1) is 19.4. The lowest BCUT2D eigenvalue weighted by atomic mass is 10.0. The Labute approximate surface area is 241 Å². The van der Waals surface area contributed by atoms with Crippen molar-refractivity contribution in [2.24, 2.45) is 0 Å². The van der Waals surface area contributed by atoms with Crippen LogP contribution in [0.15, 0.2) is 78.9 Å². The van der Waals surface area contributed by atoms with Gasteiger partial charge >= 0.3 is 0 Å². The van der Waals surface area contributed by atoms with E-state index < -0.39 is 33.4 Å². The number of carbonyl (C=O) groups is 2. The summed E-state index contributed by atoms with van der Waals surface area (Å²) in [5.74, 6) is -0.979. The van der Waals surface area contributed by atoms with Gasteiger partial charge in [0.1, 0.15) is 12.6 Å². The normalized spacial score (nSPS) is 12.7. The fraction of sp³-hybridized carbons (Fsp3) is 0.333. The number of non-ortho nitro benzene ring substituents is 1. The minimum Gasteiger partial charge on any atom is -0.352 e. The van der Waals surface area contributed by atoms with E-state index in [4.69, 9.17) is 0 Å². The fourth-order valence-corrected chi connectivity index (χ4v) is 5.10. The first kappa shape index (κ1) is 31.3. The Morgan fingerprint density at radius 1 is 0.976 bits per heavy atom. The van der Waals surface area contributed by atoms with Crippen LogP contribution in [0, 0.1) is 17.0 Å². The highest BCUT2D eigenvalue weighted by atomic mass is 32.2. The molecule has 0 fully saturated rings. The second-order valence-electron chi connectivity index (χ2n) is 10.1. The number of nitrogens with one attached hydrogen (secondary N) is 1. The van der Waals surface area contributed by atoms with Gasteiger partial charge in [-0.2, -0.15) is 0 Å². The number of rotatable bonds is 13. The largest absolute Gasteiger partial charge is 0.352 e. The van der Waals surface area contributed by atoms with E-state index >= 15 is 0 Å². The van der Waals surface area contributed by atoms with Gasteiger partial charge in [0.25, 0.3) is 5.69 Å². The average molecular weight is 581 g/mol. The van der Waals surface area contributed by atoms with E-state index in [1.165, 1.54) is 23.1 Å². The van der Waals surface area contributed by atoms with E-state index in [9.17, 15) is 28.1 Å². The number of amides is 2. The van der Waals surface area contributed by atoms with Gasteiger partial charge in [-0.05, 0) is 37.5 Å². The van der Waals surface area contributed by atoms with E-state index in [0.29, 0.717) is 6.42 Å². The molecule has 0 aliphatic carbocycles. The van der Waals surface area contributed by atoms with Gasteiger partial charge in [-0.3, -0.25) is 24.0 Å². The van der Waals surface area contributed by atoms with Crippen molar-refractivity contribution in [2.45, 2.75) is 52.2 Å². The second kappa shape index (κ2) is 13.9. The minimum absolute atomic E-state index is 0.0194. The van der Waals surface area contributed by atoms with Crippen molar-refractivity contribution in [1.82, 2.24) is 10.2 Å². The van der Waals surface area contributed by atoms with Crippen LogP contribution < -0.4 is 9.62 Å². The number of nitro benzene ring substituents is 1. The van der Waals surface area contributed by atoms with Gasteiger partial charge < -0.3 is 10.2 Å². The van der Waals surface area contributed by atoms with Crippen LogP contribution in [0.5, 0.6) is 0 Å². The Kier molecular flexibility index (Phi) is 10.6. The summed E-state index contributed by atoms with van der Waals surface area (Å²) in [6.45, 7) is 5.16. The molecule has 0 aromatic heterocycles. The van der Waals surface area contributed by atoms with Gasteiger partial charge in [-0.25, -0.2) is 8.42 Å². The van der Waals surface area contributed by atoms with E-state index in [2.05, 4.69) is 5.32 Å². The molecule has 0 unspecified atom stereocenters. The Bertz CT molecular complexity index is 1460. The lowest BCUT2D eigenvalue weighted by Crippen LogP contribution is -2.54. The van der Waals surface area contributed by atoms with Crippen LogP contribution in [-0.2, 0) is 32.6 Å². The third-order valence-corrected chi connectivity index (χ3v) is 7.89. The fourth-order valence-electron chi connectivity index (χ4n) is 4.26. The van der Waals surface area contributed by atoms with Crippen molar-refractivity contribution < 1.29 is 22.9 Å². The molecule has 0 heterocycles. The zero-order valence-corrected chi connectivity index (χ0v) is 24.5. The van der Waals surface area contributed by atoms with Crippen molar-refractivity contribution in [3.8, 4) is 0 Å². The highest BCUT2D eigenvalue weighted by Crippen LogP contribution is 2.24. The summed E-state index contributed by atoms with van der Waals surface area (Å²) in [5, 5.41) is 14.3. The maximum Gasteiger partial charge on any atom is 0.271 e. The molecule has 0 aliphatic rings. The van der Waals surface area contributed by atoms with Gasteiger partial charge in [-0.1, -0.05) is 73.2 Å². The van der Waals surface area contributed by atoms with Gasteiger partial charge in [0, 0.05) is 31.1 Å². The Hall–Kier alpha value is -4.25. The number of nitrogens with zero attached hydrogens (tertiary/aromatic N) is 3. The molecule has 0 saturated carbocycles. The quantitative estimate of drug-likeness (QED) is 0.238. The molecule has 3 rings (SSSR count). The predicted octanol–water partition coefficient (Wildman–Crippen LogP) is 4.22. The van der Waals surface area contributed by atoms with Crippen molar-refractivity contribution in [3.05, 3.63) is 106 Å². The summed E-state index contributed by atoms with van der Waals surface area (Å²) in [4.78, 5) is 39.8. The smallest absolute Gasteiger partial charge is 0.271 e. The molecule has 218 valence electrons. The molecule has 10 nitrogen and oxygen atoms in total. The molecule has 0 bridgehead atoms. The van der Waals surface area contributed by atoms with Crippen molar-refractivity contribution in [3.63, 3.8) is 0 Å². The van der Waals surface area contributed by atoms with E-state index in [0.717, 1.165) is 33.3 Å². The maximum absolute atomic E-state index is 14.1. The number of nitro groups is 1. The first-order valence-corrected chi connectivity index (χ1v) is 15.1. The predicted molar refractivity (Wildman–Crippen MR) is 159 cm³/mol. The summed E-state index contributed by atoms with van der Waals surface area (Å²) in [7, 11) is -4.03. The molecule has 3 aromatic rings. The molecular weight excluding hydrogens is 544 g/mol. The number of hydrogen-bond donors (Lipinski definition) is 1. The monoisotopic (exact) mass is 580 g/mol. The molecular formula is C30H36N4O6S. The highest BCUT2D eigenvalue weighted by Gasteiger charge is 2.33. The van der Waals surface area contributed by atoms with Gasteiger partial charge in [-0.15, -0.1) is 0 Å². The third-order valence-electron chi connectivity index (χ3n) is 6.75. The zero-order valence-electron chi connectivity index (χ0n) is 23.7. The van der Waals surface area contributed by atoms with Crippen LogP contribution in [0.2, 0.25) is 0 Å². The van der Waals surface area contributed by atoms with Crippen LogP contribution >= 0.6 is 0 Å². The summed E-state index contributed by atoms with van der Waals surface area (Å²) in [5.41, 5.74) is 2.29. The lowest BCUT2D eigenvalue weighted by molar-refractivity contribution is -0.384. The second-order valence-corrected chi connectivity index (χ2v) is 12.0. The molecule has 0 saturated heterocycles. The van der Waals surface area contributed by atoms with E-state index in [-0.39, 0.29) is 36.3 Å². The number of aryl methyl sites for hydroxylation is 1. The average Bonchev–Trinajstić information content (AvgIpc) is 2.94. The third kappa shape index (κ3) is 8.87. The van der Waals surface area contributed by atoms with Crippen LogP contribution in [-0.4, -0.2) is 54.9 Å². The molecule has 2 amide bonds. The Morgan fingerprint density at radius 3 is 2.22 bits per heavy atom. The number of carbonyl (C=O) groups excluding carboxylic acids is 2. The maximum atomic E-state index is 14.1. The van der Waals surface area contributed by atoms with Crippen molar-refractivity contribution >= 4 is 33.2 Å². The summed E-state index contributed by atoms with van der Waals surface area (Å²) >= 11 is 0. The molecule has 0 spiro atoms.